The zero-order valence-corrected chi connectivity index (χ0v) is 17.3. The van der Waals surface area contributed by atoms with Crippen molar-refractivity contribution in [2.24, 2.45) is 0 Å². The Morgan fingerprint density at radius 3 is 2.30 bits per heavy atom. The lowest BCUT2D eigenvalue weighted by atomic mass is 10.1. The molecule has 3 rings (SSSR count). The van der Waals surface area contributed by atoms with Crippen LogP contribution in [0.4, 0.5) is 0 Å². The van der Waals surface area contributed by atoms with E-state index in [1.165, 1.54) is 17.0 Å². The summed E-state index contributed by atoms with van der Waals surface area (Å²) >= 11 is 0. The Bertz CT molecular complexity index is 1130. The van der Waals surface area contributed by atoms with E-state index in [0.29, 0.717) is 18.0 Å². The fraction of sp³-hybridized carbons (Fsp3) is 0.261. The molecule has 1 aromatic heterocycles. The number of hydrogen-bond donors (Lipinski definition) is 1. The highest BCUT2D eigenvalue weighted by molar-refractivity contribution is 5.76. The van der Waals surface area contributed by atoms with Gasteiger partial charge in [0.25, 0.3) is 0 Å². The average Bonchev–Trinajstić information content (AvgIpc) is 2.73. The quantitative estimate of drug-likeness (QED) is 0.611. The van der Waals surface area contributed by atoms with Gasteiger partial charge in [-0.3, -0.25) is 23.5 Å². The number of carbonyl (C=O) groups excluding carboxylic acids is 1. The van der Waals surface area contributed by atoms with Gasteiger partial charge >= 0.3 is 11.1 Å². The van der Waals surface area contributed by atoms with Gasteiger partial charge in [-0.15, -0.1) is 0 Å². The molecule has 7 nitrogen and oxygen atoms in total. The molecule has 0 bridgehead atoms. The van der Waals surface area contributed by atoms with E-state index < -0.39 is 11.1 Å². The molecule has 1 N–H and O–H groups in total. The molecule has 3 aromatic rings. The summed E-state index contributed by atoms with van der Waals surface area (Å²) in [6.07, 6.45) is 2.92. The zero-order valence-electron chi connectivity index (χ0n) is 17.3. The maximum absolute atomic E-state index is 12.5. The fourth-order valence-electron chi connectivity index (χ4n) is 3.09. The van der Waals surface area contributed by atoms with Crippen LogP contribution in [0.25, 0.3) is 5.69 Å². The van der Waals surface area contributed by atoms with Crippen LogP contribution >= 0.6 is 0 Å². The van der Waals surface area contributed by atoms with Crippen molar-refractivity contribution in [3.05, 3.63) is 92.8 Å². The maximum atomic E-state index is 12.5. The molecule has 0 fully saturated rings. The number of rotatable bonds is 7. The van der Waals surface area contributed by atoms with E-state index in [1.54, 1.807) is 24.3 Å². The Balaban J connectivity index is 1.73. The molecule has 1 heterocycles. The topological polar surface area (TPSA) is 82.3 Å². The van der Waals surface area contributed by atoms with Crippen LogP contribution in [0.3, 0.4) is 0 Å². The molecule has 30 heavy (non-hydrogen) atoms. The van der Waals surface area contributed by atoms with E-state index in [9.17, 15) is 14.4 Å². The highest BCUT2D eigenvalue weighted by atomic mass is 16.5. The number of hydrogen-bond acceptors (Lipinski definition) is 4. The van der Waals surface area contributed by atoms with Gasteiger partial charge in [0.2, 0.25) is 5.91 Å². The first-order valence-corrected chi connectivity index (χ1v) is 9.80. The standard InChI is InChI=1S/C23H25N3O4/c1-4-30-20-11-9-19(10-12-20)26-14-13-25(22(28)23(26)29)15-21(27)24-17(3)18-7-5-16(2)6-8-18/h5-14,17H,4,15H2,1-3H3,(H,24,27). The number of nitrogens with zero attached hydrogens (tertiary/aromatic N) is 2. The van der Waals surface area contributed by atoms with E-state index in [1.807, 2.05) is 45.0 Å². The largest absolute Gasteiger partial charge is 0.494 e. The third-order valence-corrected chi connectivity index (χ3v) is 4.75. The smallest absolute Gasteiger partial charge is 0.320 e. The van der Waals surface area contributed by atoms with Crippen LogP contribution in [0, 0.1) is 6.92 Å². The van der Waals surface area contributed by atoms with Gasteiger partial charge in [-0.25, -0.2) is 0 Å². The summed E-state index contributed by atoms with van der Waals surface area (Å²) in [5.41, 5.74) is 1.17. The molecule has 156 valence electrons. The van der Waals surface area contributed by atoms with Gasteiger partial charge in [-0.2, -0.15) is 0 Å². The molecule has 0 radical (unpaired) electrons. The molecular formula is C23H25N3O4. The molecule has 1 amide bonds. The minimum Gasteiger partial charge on any atom is -0.494 e. The van der Waals surface area contributed by atoms with E-state index in [-0.39, 0.29) is 18.5 Å². The molecule has 0 saturated heterocycles. The minimum absolute atomic E-state index is 0.210. The van der Waals surface area contributed by atoms with Crippen LogP contribution < -0.4 is 21.2 Å². The number of carbonyl (C=O) groups is 1. The molecule has 1 atom stereocenters. The number of aryl methyl sites for hydroxylation is 1. The van der Waals surface area contributed by atoms with Crippen molar-refractivity contribution < 1.29 is 9.53 Å². The first kappa shape index (κ1) is 21.1. The summed E-state index contributed by atoms with van der Waals surface area (Å²) in [4.78, 5) is 37.4. The second-order valence-electron chi connectivity index (χ2n) is 7.03. The number of aromatic nitrogens is 2. The van der Waals surface area contributed by atoms with Crippen molar-refractivity contribution in [1.29, 1.82) is 0 Å². The fourth-order valence-corrected chi connectivity index (χ4v) is 3.09. The van der Waals surface area contributed by atoms with Crippen molar-refractivity contribution in [3.63, 3.8) is 0 Å². The van der Waals surface area contributed by atoms with Crippen molar-refractivity contribution in [1.82, 2.24) is 14.5 Å². The van der Waals surface area contributed by atoms with Crippen LogP contribution in [-0.2, 0) is 11.3 Å². The number of ether oxygens (including phenoxy) is 1. The van der Waals surface area contributed by atoms with Crippen molar-refractivity contribution in [2.75, 3.05) is 6.61 Å². The monoisotopic (exact) mass is 407 g/mol. The molecular weight excluding hydrogens is 382 g/mol. The van der Waals surface area contributed by atoms with Gasteiger partial charge in [0.1, 0.15) is 12.3 Å². The highest BCUT2D eigenvalue weighted by Crippen LogP contribution is 2.14. The zero-order chi connectivity index (χ0) is 21.7. The van der Waals surface area contributed by atoms with E-state index in [0.717, 1.165) is 15.7 Å². The van der Waals surface area contributed by atoms with Crippen LogP contribution in [0.2, 0.25) is 0 Å². The van der Waals surface area contributed by atoms with Crippen molar-refractivity contribution >= 4 is 5.91 Å². The van der Waals surface area contributed by atoms with Crippen LogP contribution in [0.15, 0.2) is 70.5 Å². The van der Waals surface area contributed by atoms with Gasteiger partial charge in [0.05, 0.1) is 12.6 Å². The Hall–Kier alpha value is -3.61. The Morgan fingerprint density at radius 1 is 1.00 bits per heavy atom. The van der Waals surface area contributed by atoms with Gasteiger partial charge in [-0.1, -0.05) is 29.8 Å². The molecule has 2 aromatic carbocycles. The molecule has 0 aliphatic rings. The summed E-state index contributed by atoms with van der Waals surface area (Å²) in [7, 11) is 0. The predicted molar refractivity (Wildman–Crippen MR) is 115 cm³/mol. The van der Waals surface area contributed by atoms with Crippen molar-refractivity contribution in [2.45, 2.75) is 33.4 Å². The third kappa shape index (κ3) is 4.86. The number of amides is 1. The normalized spacial score (nSPS) is 11.7. The average molecular weight is 407 g/mol. The summed E-state index contributed by atoms with van der Waals surface area (Å²) in [5, 5.41) is 2.85. The molecule has 1 unspecified atom stereocenters. The Morgan fingerprint density at radius 2 is 1.67 bits per heavy atom. The molecule has 0 spiro atoms. The minimum atomic E-state index is -0.760. The second-order valence-corrected chi connectivity index (χ2v) is 7.03. The van der Waals surface area contributed by atoms with E-state index in [2.05, 4.69) is 5.32 Å². The van der Waals surface area contributed by atoms with Gasteiger partial charge in [-0.05, 0) is 50.6 Å². The van der Waals surface area contributed by atoms with E-state index in [4.69, 9.17) is 4.74 Å². The number of nitrogens with one attached hydrogen (secondary N) is 1. The van der Waals surface area contributed by atoms with Gasteiger partial charge in [0.15, 0.2) is 0 Å². The lowest BCUT2D eigenvalue weighted by Gasteiger charge is -2.15. The lowest BCUT2D eigenvalue weighted by molar-refractivity contribution is -0.122. The van der Waals surface area contributed by atoms with Gasteiger partial charge < -0.3 is 10.1 Å². The maximum Gasteiger partial charge on any atom is 0.320 e. The summed E-state index contributed by atoms with van der Waals surface area (Å²) < 4.78 is 7.75. The second kappa shape index (κ2) is 9.26. The number of benzene rings is 2. The Labute approximate surface area is 174 Å². The highest BCUT2D eigenvalue weighted by Gasteiger charge is 2.13. The van der Waals surface area contributed by atoms with E-state index >= 15 is 0 Å². The summed E-state index contributed by atoms with van der Waals surface area (Å²) in [5.74, 6) is 0.338. The first-order valence-electron chi connectivity index (χ1n) is 9.80. The van der Waals surface area contributed by atoms with Gasteiger partial charge in [0, 0.05) is 18.1 Å². The third-order valence-electron chi connectivity index (χ3n) is 4.75. The Kier molecular flexibility index (Phi) is 6.51. The van der Waals surface area contributed by atoms with Crippen LogP contribution in [0.5, 0.6) is 5.75 Å². The van der Waals surface area contributed by atoms with Crippen molar-refractivity contribution in [3.8, 4) is 11.4 Å². The van der Waals surface area contributed by atoms with Crippen LogP contribution in [-0.4, -0.2) is 21.6 Å². The molecule has 0 aliphatic carbocycles. The first-order chi connectivity index (χ1) is 14.4. The summed E-state index contributed by atoms with van der Waals surface area (Å²) in [6.45, 7) is 6.06. The predicted octanol–water partition coefficient (Wildman–Crippen LogP) is 2.58. The molecule has 0 saturated carbocycles. The lowest BCUT2D eigenvalue weighted by Crippen LogP contribution is -2.42. The summed E-state index contributed by atoms with van der Waals surface area (Å²) in [6, 6.07) is 14.5. The molecule has 0 aliphatic heterocycles. The SMILES string of the molecule is CCOc1ccc(-n2ccn(CC(=O)NC(C)c3ccc(C)cc3)c(=O)c2=O)cc1. The van der Waals surface area contributed by atoms with Crippen LogP contribution in [0.1, 0.15) is 31.0 Å². The molecule has 7 heteroatoms.